The molecule has 0 aliphatic carbocycles. The van der Waals surface area contributed by atoms with E-state index in [2.05, 4.69) is 17.2 Å². The number of benzene rings is 2. The van der Waals surface area contributed by atoms with Crippen LogP contribution in [0.1, 0.15) is 15.9 Å². The fraction of sp³-hybridized carbons (Fsp3) is 0.0625. The highest BCUT2D eigenvalue weighted by Gasteiger charge is 2.13. The lowest BCUT2D eigenvalue weighted by molar-refractivity contribution is 0.102. The quantitative estimate of drug-likeness (QED) is 0.838. The van der Waals surface area contributed by atoms with Crippen molar-refractivity contribution in [3.05, 3.63) is 64.4 Å². The molecule has 0 atom stereocenters. The molecule has 2 N–H and O–H groups in total. The van der Waals surface area contributed by atoms with E-state index in [4.69, 9.17) is 16.7 Å². The van der Waals surface area contributed by atoms with Crippen LogP contribution in [0, 0.1) is 17.7 Å². The number of rotatable bonds is 2. The molecule has 2 aromatic carbocycles. The third-order valence-electron chi connectivity index (χ3n) is 2.65. The van der Waals surface area contributed by atoms with Gasteiger partial charge >= 0.3 is 0 Å². The first-order valence-electron chi connectivity index (χ1n) is 6.07. The van der Waals surface area contributed by atoms with Gasteiger partial charge in [-0.3, -0.25) is 4.79 Å². The van der Waals surface area contributed by atoms with Crippen LogP contribution >= 0.6 is 11.6 Å². The normalized spacial score (nSPS) is 9.67. The topological polar surface area (TPSA) is 49.3 Å². The third kappa shape index (κ3) is 3.82. The molecule has 0 spiro atoms. The second-order valence-corrected chi connectivity index (χ2v) is 4.47. The number of aliphatic hydroxyl groups excluding tert-OH is 1. The molecule has 0 aromatic heterocycles. The Morgan fingerprint density at radius 1 is 1.24 bits per heavy atom. The summed E-state index contributed by atoms with van der Waals surface area (Å²) in [6.45, 7) is -0.212. The summed E-state index contributed by atoms with van der Waals surface area (Å²) in [6.07, 6.45) is 0. The summed E-state index contributed by atoms with van der Waals surface area (Å²) in [5.41, 5.74) is 1.32. The highest BCUT2D eigenvalue weighted by molar-refractivity contribution is 6.34. The second-order valence-electron chi connectivity index (χ2n) is 4.09. The molecule has 5 heteroatoms. The molecule has 0 unspecified atom stereocenters. The zero-order valence-electron chi connectivity index (χ0n) is 10.9. The first kappa shape index (κ1) is 15.0. The van der Waals surface area contributed by atoms with Gasteiger partial charge in [-0.1, -0.05) is 29.5 Å². The van der Waals surface area contributed by atoms with Crippen LogP contribution in [0.3, 0.4) is 0 Å². The monoisotopic (exact) mass is 303 g/mol. The second kappa shape index (κ2) is 6.89. The van der Waals surface area contributed by atoms with Crippen LogP contribution < -0.4 is 5.32 Å². The fourth-order valence-corrected chi connectivity index (χ4v) is 1.87. The lowest BCUT2D eigenvalue weighted by atomic mass is 10.1. The Morgan fingerprint density at radius 3 is 2.62 bits per heavy atom. The molecule has 0 saturated heterocycles. The van der Waals surface area contributed by atoms with Gasteiger partial charge in [0.2, 0.25) is 0 Å². The lowest BCUT2D eigenvalue weighted by Gasteiger charge is -2.07. The van der Waals surface area contributed by atoms with Crippen LogP contribution in [-0.2, 0) is 0 Å². The van der Waals surface area contributed by atoms with Gasteiger partial charge in [-0.05, 0) is 36.4 Å². The Bertz CT molecular complexity index is 717. The molecular formula is C16H11ClFNO2. The molecule has 0 aliphatic rings. The summed E-state index contributed by atoms with van der Waals surface area (Å²) < 4.78 is 13.3. The van der Waals surface area contributed by atoms with Gasteiger partial charge in [0.1, 0.15) is 12.4 Å². The Labute approximate surface area is 126 Å². The molecule has 0 fully saturated rings. The highest BCUT2D eigenvalue weighted by atomic mass is 35.5. The van der Waals surface area contributed by atoms with Crippen LogP contribution in [0.5, 0.6) is 0 Å². The number of hydrogen-bond acceptors (Lipinski definition) is 2. The zero-order valence-corrected chi connectivity index (χ0v) is 11.6. The number of aliphatic hydroxyl groups is 1. The van der Waals surface area contributed by atoms with E-state index < -0.39 is 11.7 Å². The molecule has 0 bridgehead atoms. The van der Waals surface area contributed by atoms with Crippen LogP contribution in [0.4, 0.5) is 10.1 Å². The number of anilines is 1. The van der Waals surface area contributed by atoms with Crippen LogP contribution in [0.25, 0.3) is 0 Å². The van der Waals surface area contributed by atoms with E-state index in [9.17, 15) is 9.18 Å². The van der Waals surface area contributed by atoms with Crippen molar-refractivity contribution in [2.75, 3.05) is 11.9 Å². The minimum absolute atomic E-state index is 0.0702. The Kier molecular flexibility index (Phi) is 4.94. The molecule has 0 aliphatic heterocycles. The van der Waals surface area contributed by atoms with Gasteiger partial charge in [-0.25, -0.2) is 4.39 Å². The largest absolute Gasteiger partial charge is 0.384 e. The van der Waals surface area contributed by atoms with Gasteiger partial charge in [-0.2, -0.15) is 0 Å². The number of halogens is 2. The van der Waals surface area contributed by atoms with Gasteiger partial charge in [0.15, 0.2) is 0 Å². The average Bonchev–Trinajstić information content (AvgIpc) is 2.49. The van der Waals surface area contributed by atoms with Gasteiger partial charge in [0.05, 0.1) is 10.6 Å². The first-order chi connectivity index (χ1) is 10.1. The minimum atomic E-state index is -0.640. The average molecular weight is 304 g/mol. The maximum absolute atomic E-state index is 13.3. The highest BCUT2D eigenvalue weighted by Crippen LogP contribution is 2.21. The third-order valence-corrected chi connectivity index (χ3v) is 3.03. The van der Waals surface area contributed by atoms with Crippen molar-refractivity contribution in [2.24, 2.45) is 0 Å². The van der Waals surface area contributed by atoms with Crippen LogP contribution in [0.2, 0.25) is 5.02 Å². The summed E-state index contributed by atoms with van der Waals surface area (Å²) in [5, 5.41) is 11.0. The number of hydrogen-bond donors (Lipinski definition) is 2. The summed E-state index contributed by atoms with van der Waals surface area (Å²) in [6, 6.07) is 10.8. The van der Waals surface area contributed by atoms with Crippen molar-refractivity contribution in [1.29, 1.82) is 0 Å². The van der Waals surface area contributed by atoms with Crippen molar-refractivity contribution >= 4 is 23.2 Å². The van der Waals surface area contributed by atoms with E-state index in [1.807, 2.05) is 0 Å². The van der Waals surface area contributed by atoms with Crippen molar-refractivity contribution in [2.45, 2.75) is 0 Å². The van der Waals surface area contributed by atoms with E-state index in [0.29, 0.717) is 11.3 Å². The van der Waals surface area contributed by atoms with Gasteiger partial charge < -0.3 is 10.4 Å². The maximum atomic E-state index is 13.3. The maximum Gasteiger partial charge on any atom is 0.257 e. The van der Waals surface area contributed by atoms with Gasteiger partial charge in [0, 0.05) is 11.3 Å². The van der Waals surface area contributed by atoms with Gasteiger partial charge in [-0.15, -0.1) is 0 Å². The Balaban J connectivity index is 2.14. The molecule has 1 amide bonds. The van der Waals surface area contributed by atoms with Crippen LogP contribution in [-0.4, -0.2) is 17.6 Å². The SMILES string of the molecule is O=C(Nc1ccc(C#CCO)cc1)c1cccc(F)c1Cl. The lowest BCUT2D eigenvalue weighted by Crippen LogP contribution is -2.12. The minimum Gasteiger partial charge on any atom is -0.384 e. The van der Waals surface area contributed by atoms with Gasteiger partial charge in [0.25, 0.3) is 5.91 Å². The van der Waals surface area contributed by atoms with E-state index in [-0.39, 0.29) is 17.2 Å². The molecule has 0 heterocycles. The van der Waals surface area contributed by atoms with E-state index in [0.717, 1.165) is 0 Å². The smallest absolute Gasteiger partial charge is 0.257 e. The molecule has 106 valence electrons. The molecule has 0 radical (unpaired) electrons. The molecule has 21 heavy (non-hydrogen) atoms. The van der Waals surface area contributed by atoms with E-state index in [1.54, 1.807) is 24.3 Å². The summed E-state index contributed by atoms with van der Waals surface area (Å²) in [7, 11) is 0. The molecule has 2 aromatic rings. The standard InChI is InChI=1S/C16H11ClFNO2/c17-15-13(4-1-5-14(15)18)16(21)19-12-8-6-11(7-9-12)3-2-10-20/h1,4-9,20H,10H2,(H,19,21). The Hall–Kier alpha value is -2.35. The number of amides is 1. The summed E-state index contributed by atoms with van der Waals surface area (Å²) in [5.74, 6) is 4.13. The summed E-state index contributed by atoms with van der Waals surface area (Å²) in [4.78, 5) is 12.0. The van der Waals surface area contributed by atoms with Crippen molar-refractivity contribution in [3.63, 3.8) is 0 Å². The fourth-order valence-electron chi connectivity index (χ4n) is 1.66. The summed E-state index contributed by atoms with van der Waals surface area (Å²) >= 11 is 5.76. The van der Waals surface area contributed by atoms with Crippen LogP contribution in [0.15, 0.2) is 42.5 Å². The molecule has 2 rings (SSSR count). The predicted molar refractivity (Wildman–Crippen MR) is 79.8 cm³/mol. The van der Waals surface area contributed by atoms with Crippen molar-refractivity contribution in [1.82, 2.24) is 0 Å². The Morgan fingerprint density at radius 2 is 1.95 bits per heavy atom. The zero-order chi connectivity index (χ0) is 15.2. The number of nitrogens with one attached hydrogen (secondary N) is 1. The predicted octanol–water partition coefficient (Wildman–Crippen LogP) is 3.08. The van der Waals surface area contributed by atoms with E-state index >= 15 is 0 Å². The van der Waals surface area contributed by atoms with Crippen molar-refractivity contribution < 1.29 is 14.3 Å². The number of carbonyl (C=O) groups is 1. The van der Waals surface area contributed by atoms with E-state index in [1.165, 1.54) is 18.2 Å². The van der Waals surface area contributed by atoms with Crippen molar-refractivity contribution in [3.8, 4) is 11.8 Å². The molecule has 0 saturated carbocycles. The molecular weight excluding hydrogens is 293 g/mol. The number of carbonyl (C=O) groups excluding carboxylic acids is 1. The molecule has 3 nitrogen and oxygen atoms in total. The first-order valence-corrected chi connectivity index (χ1v) is 6.45.